The summed E-state index contributed by atoms with van der Waals surface area (Å²) in [6.45, 7) is 1.90. The van der Waals surface area contributed by atoms with Crippen molar-refractivity contribution in [2.45, 2.75) is 6.92 Å². The van der Waals surface area contributed by atoms with Crippen LogP contribution in [0.3, 0.4) is 0 Å². The Hall–Kier alpha value is -2.82. The van der Waals surface area contributed by atoms with Crippen LogP contribution in [0.2, 0.25) is 0 Å². The number of imidazole rings is 1. The molecule has 106 valence electrons. The molecule has 3 aromatic rings. The number of carbonyl (C=O) groups excluding carboxylic acids is 1. The first kappa shape index (κ1) is 13.2. The quantitative estimate of drug-likeness (QED) is 0.803. The Bertz CT molecular complexity index is 808. The minimum absolute atomic E-state index is 0.195. The fourth-order valence-electron chi connectivity index (χ4n) is 2.21. The van der Waals surface area contributed by atoms with Gasteiger partial charge in [0.05, 0.1) is 18.4 Å². The monoisotopic (exact) mass is 281 g/mol. The summed E-state index contributed by atoms with van der Waals surface area (Å²) in [6.07, 6.45) is 3.76. The van der Waals surface area contributed by atoms with Crippen molar-refractivity contribution in [1.29, 1.82) is 0 Å². The third kappa shape index (κ3) is 2.58. The zero-order valence-electron chi connectivity index (χ0n) is 11.8. The van der Waals surface area contributed by atoms with Gasteiger partial charge in [-0.05, 0) is 31.2 Å². The van der Waals surface area contributed by atoms with Crippen LogP contribution < -0.4 is 10.1 Å². The molecule has 0 fully saturated rings. The van der Waals surface area contributed by atoms with Gasteiger partial charge < -0.3 is 14.5 Å². The molecular formula is C16H15N3O2. The van der Waals surface area contributed by atoms with Crippen molar-refractivity contribution in [3.05, 3.63) is 60.0 Å². The number of anilines is 1. The summed E-state index contributed by atoms with van der Waals surface area (Å²) < 4.78 is 6.99. The Morgan fingerprint density at radius 3 is 2.95 bits per heavy atom. The molecule has 1 N–H and O–H groups in total. The van der Waals surface area contributed by atoms with E-state index in [0.717, 1.165) is 5.69 Å². The average Bonchev–Trinajstić information content (AvgIpc) is 2.87. The van der Waals surface area contributed by atoms with Crippen molar-refractivity contribution in [2.24, 2.45) is 0 Å². The van der Waals surface area contributed by atoms with E-state index in [9.17, 15) is 4.79 Å². The van der Waals surface area contributed by atoms with E-state index in [-0.39, 0.29) is 5.91 Å². The van der Waals surface area contributed by atoms with Crippen molar-refractivity contribution in [3.63, 3.8) is 0 Å². The number of pyridine rings is 1. The minimum atomic E-state index is -0.195. The Morgan fingerprint density at radius 1 is 1.29 bits per heavy atom. The van der Waals surface area contributed by atoms with E-state index in [1.54, 1.807) is 19.2 Å². The smallest absolute Gasteiger partial charge is 0.259 e. The summed E-state index contributed by atoms with van der Waals surface area (Å²) in [6, 6.07) is 10.8. The summed E-state index contributed by atoms with van der Waals surface area (Å²) in [5.74, 6) is 0.502. The molecule has 0 aliphatic heterocycles. The molecule has 0 radical (unpaired) electrons. The first-order chi connectivity index (χ1) is 10.2. The molecule has 0 bridgehead atoms. The van der Waals surface area contributed by atoms with Crippen LogP contribution in [0.5, 0.6) is 5.75 Å². The maximum absolute atomic E-state index is 12.4. The summed E-state index contributed by atoms with van der Waals surface area (Å²) in [5, 5.41) is 2.86. The number of benzene rings is 1. The number of nitrogens with zero attached hydrogens (tertiary/aromatic N) is 2. The van der Waals surface area contributed by atoms with Crippen molar-refractivity contribution in [1.82, 2.24) is 9.38 Å². The molecule has 2 aromatic heterocycles. The van der Waals surface area contributed by atoms with Crippen LogP contribution in [0.25, 0.3) is 5.65 Å². The van der Waals surface area contributed by atoms with Crippen LogP contribution in [-0.2, 0) is 0 Å². The molecule has 5 nitrogen and oxygen atoms in total. The number of hydrogen-bond acceptors (Lipinski definition) is 3. The van der Waals surface area contributed by atoms with E-state index in [0.29, 0.717) is 22.6 Å². The molecule has 0 spiro atoms. The third-order valence-corrected chi connectivity index (χ3v) is 3.18. The summed E-state index contributed by atoms with van der Waals surface area (Å²) in [5.41, 5.74) is 2.74. The van der Waals surface area contributed by atoms with Gasteiger partial charge in [0, 0.05) is 24.1 Å². The van der Waals surface area contributed by atoms with Crippen LogP contribution in [0.4, 0.5) is 5.69 Å². The number of carbonyl (C=O) groups is 1. The van der Waals surface area contributed by atoms with Crippen LogP contribution >= 0.6 is 0 Å². The van der Waals surface area contributed by atoms with Crippen molar-refractivity contribution in [2.75, 3.05) is 12.4 Å². The largest absolute Gasteiger partial charge is 0.497 e. The summed E-state index contributed by atoms with van der Waals surface area (Å²) >= 11 is 0. The van der Waals surface area contributed by atoms with Gasteiger partial charge in [-0.2, -0.15) is 0 Å². The van der Waals surface area contributed by atoms with Gasteiger partial charge in [-0.25, -0.2) is 4.98 Å². The van der Waals surface area contributed by atoms with Crippen molar-refractivity contribution < 1.29 is 9.53 Å². The standard InChI is InChI=1S/C16H15N3O2/c1-11-10-19-8-4-7-14(15(19)17-11)16(20)18-12-5-3-6-13(9-12)21-2/h3-10H,1-2H3,(H,18,20). The van der Waals surface area contributed by atoms with E-state index in [2.05, 4.69) is 10.3 Å². The Labute approximate surface area is 122 Å². The number of fused-ring (bicyclic) bond motifs is 1. The first-order valence-corrected chi connectivity index (χ1v) is 6.57. The Balaban J connectivity index is 1.93. The number of aryl methyl sites for hydroxylation is 1. The SMILES string of the molecule is COc1cccc(NC(=O)c2cccn3cc(C)nc23)c1. The highest BCUT2D eigenvalue weighted by molar-refractivity contribution is 6.08. The van der Waals surface area contributed by atoms with Crippen molar-refractivity contribution in [3.8, 4) is 5.75 Å². The van der Waals surface area contributed by atoms with Crippen LogP contribution in [-0.4, -0.2) is 22.4 Å². The lowest BCUT2D eigenvalue weighted by molar-refractivity contribution is 0.102. The molecule has 0 saturated heterocycles. The molecule has 3 rings (SSSR count). The molecule has 2 heterocycles. The van der Waals surface area contributed by atoms with Gasteiger partial charge in [0.25, 0.3) is 5.91 Å². The van der Waals surface area contributed by atoms with Crippen LogP contribution in [0, 0.1) is 6.92 Å². The molecule has 1 amide bonds. The second-order valence-electron chi connectivity index (χ2n) is 4.72. The molecular weight excluding hydrogens is 266 g/mol. The number of ether oxygens (including phenoxy) is 1. The van der Waals surface area contributed by atoms with Gasteiger partial charge >= 0.3 is 0 Å². The molecule has 1 aromatic carbocycles. The number of hydrogen-bond donors (Lipinski definition) is 1. The maximum Gasteiger partial charge on any atom is 0.259 e. The molecule has 0 saturated carbocycles. The highest BCUT2D eigenvalue weighted by Gasteiger charge is 2.12. The van der Waals surface area contributed by atoms with Crippen molar-refractivity contribution >= 4 is 17.2 Å². The Kier molecular flexibility index (Phi) is 3.31. The summed E-state index contributed by atoms with van der Waals surface area (Å²) in [7, 11) is 1.59. The average molecular weight is 281 g/mol. The molecule has 0 aliphatic carbocycles. The van der Waals surface area contributed by atoms with E-state index >= 15 is 0 Å². The lowest BCUT2D eigenvalue weighted by Gasteiger charge is -2.07. The lowest BCUT2D eigenvalue weighted by atomic mass is 10.2. The van der Waals surface area contributed by atoms with Gasteiger partial charge in [-0.1, -0.05) is 6.07 Å². The van der Waals surface area contributed by atoms with Crippen LogP contribution in [0.15, 0.2) is 48.8 Å². The summed E-state index contributed by atoms with van der Waals surface area (Å²) in [4.78, 5) is 16.8. The van der Waals surface area contributed by atoms with E-state index < -0.39 is 0 Å². The molecule has 5 heteroatoms. The zero-order valence-corrected chi connectivity index (χ0v) is 11.8. The molecule has 0 atom stereocenters. The minimum Gasteiger partial charge on any atom is -0.497 e. The number of methoxy groups -OCH3 is 1. The zero-order chi connectivity index (χ0) is 14.8. The second-order valence-corrected chi connectivity index (χ2v) is 4.72. The van der Waals surface area contributed by atoms with Crippen LogP contribution in [0.1, 0.15) is 16.1 Å². The van der Waals surface area contributed by atoms with Gasteiger partial charge in [0.15, 0.2) is 0 Å². The number of nitrogens with one attached hydrogen (secondary N) is 1. The van der Waals surface area contributed by atoms with E-state index in [4.69, 9.17) is 4.74 Å². The third-order valence-electron chi connectivity index (χ3n) is 3.18. The normalized spacial score (nSPS) is 10.6. The number of rotatable bonds is 3. The van der Waals surface area contributed by atoms with E-state index in [1.807, 2.05) is 48.0 Å². The Morgan fingerprint density at radius 2 is 2.14 bits per heavy atom. The maximum atomic E-state index is 12.4. The predicted molar refractivity (Wildman–Crippen MR) is 80.9 cm³/mol. The highest BCUT2D eigenvalue weighted by Crippen LogP contribution is 2.18. The van der Waals surface area contributed by atoms with Gasteiger partial charge in [-0.3, -0.25) is 4.79 Å². The first-order valence-electron chi connectivity index (χ1n) is 6.57. The van der Waals surface area contributed by atoms with Gasteiger partial charge in [-0.15, -0.1) is 0 Å². The van der Waals surface area contributed by atoms with Gasteiger partial charge in [0.2, 0.25) is 0 Å². The molecule has 21 heavy (non-hydrogen) atoms. The van der Waals surface area contributed by atoms with Gasteiger partial charge in [0.1, 0.15) is 11.4 Å². The van der Waals surface area contributed by atoms with E-state index in [1.165, 1.54) is 0 Å². The predicted octanol–water partition coefficient (Wildman–Crippen LogP) is 2.90. The fourth-order valence-corrected chi connectivity index (χ4v) is 2.21. The number of amides is 1. The second kappa shape index (κ2) is 5.28. The number of aromatic nitrogens is 2. The molecule has 0 aliphatic rings. The lowest BCUT2D eigenvalue weighted by Crippen LogP contribution is -2.13. The topological polar surface area (TPSA) is 55.6 Å². The fraction of sp³-hybridized carbons (Fsp3) is 0.125. The highest BCUT2D eigenvalue weighted by atomic mass is 16.5. The molecule has 0 unspecified atom stereocenters.